The van der Waals surface area contributed by atoms with Crippen molar-refractivity contribution in [2.24, 2.45) is 10.2 Å². The van der Waals surface area contributed by atoms with E-state index in [-0.39, 0.29) is 5.75 Å². The second-order valence-corrected chi connectivity index (χ2v) is 7.08. The third kappa shape index (κ3) is 3.57. The number of nitrogens with zero attached hydrogens (tertiary/aromatic N) is 4. The van der Waals surface area contributed by atoms with Gasteiger partial charge in [0.25, 0.3) is 0 Å². The van der Waals surface area contributed by atoms with Gasteiger partial charge in [-0.05, 0) is 44.2 Å². The molecule has 0 saturated heterocycles. The van der Waals surface area contributed by atoms with E-state index in [9.17, 15) is 5.11 Å². The smallest absolute Gasteiger partial charge is 0.231 e. The van der Waals surface area contributed by atoms with Gasteiger partial charge in [-0.1, -0.05) is 27.3 Å². The number of phenolic OH excluding ortho intramolecular Hbond substituents is 1. The van der Waals surface area contributed by atoms with Crippen molar-refractivity contribution < 1.29 is 5.11 Å². The predicted molar refractivity (Wildman–Crippen MR) is 103 cm³/mol. The molecule has 7 heteroatoms. The lowest BCUT2D eigenvalue weighted by Crippen LogP contribution is -2.21. The number of hydrogen-bond acceptors (Lipinski definition) is 6. The van der Waals surface area contributed by atoms with E-state index >= 15 is 0 Å². The van der Waals surface area contributed by atoms with E-state index in [0.717, 1.165) is 33.5 Å². The maximum atomic E-state index is 10.2. The van der Waals surface area contributed by atoms with Gasteiger partial charge in [0.1, 0.15) is 11.4 Å². The van der Waals surface area contributed by atoms with Gasteiger partial charge in [0, 0.05) is 29.3 Å². The number of azo groups is 1. The van der Waals surface area contributed by atoms with Gasteiger partial charge in [0.2, 0.25) is 5.13 Å². The topological polar surface area (TPSA) is 61.1 Å². The molecule has 0 saturated carbocycles. The van der Waals surface area contributed by atoms with Gasteiger partial charge >= 0.3 is 0 Å². The molecule has 0 radical (unpaired) electrons. The van der Waals surface area contributed by atoms with Crippen molar-refractivity contribution in [3.8, 4) is 5.75 Å². The van der Waals surface area contributed by atoms with Gasteiger partial charge in [-0.2, -0.15) is 0 Å². The highest BCUT2D eigenvalue weighted by Gasteiger charge is 2.07. The minimum Gasteiger partial charge on any atom is -0.506 e. The molecule has 0 aliphatic heterocycles. The summed E-state index contributed by atoms with van der Waals surface area (Å²) in [6.45, 7) is 5.94. The zero-order valence-electron chi connectivity index (χ0n) is 13.4. The fraction of sp³-hybridized carbons (Fsp3) is 0.235. The number of phenols is 1. The summed E-state index contributed by atoms with van der Waals surface area (Å²) in [5, 5.41) is 19.0. The van der Waals surface area contributed by atoms with E-state index in [1.165, 1.54) is 11.3 Å². The van der Waals surface area contributed by atoms with Crippen LogP contribution >= 0.6 is 27.3 Å². The molecule has 0 aliphatic rings. The molecule has 1 N–H and O–H groups in total. The van der Waals surface area contributed by atoms with Crippen LogP contribution in [-0.4, -0.2) is 23.2 Å². The Morgan fingerprint density at radius 3 is 2.62 bits per heavy atom. The second kappa shape index (κ2) is 7.27. The molecule has 0 bridgehead atoms. The van der Waals surface area contributed by atoms with Gasteiger partial charge in [-0.25, -0.2) is 4.98 Å². The Labute approximate surface area is 152 Å². The molecular formula is C17H17BrN4OS. The number of aromatic nitrogens is 1. The monoisotopic (exact) mass is 404 g/mol. The van der Waals surface area contributed by atoms with Crippen molar-refractivity contribution >= 4 is 54.0 Å². The first-order chi connectivity index (χ1) is 11.6. The van der Waals surface area contributed by atoms with Crippen LogP contribution in [0.3, 0.4) is 0 Å². The molecule has 3 aromatic rings. The van der Waals surface area contributed by atoms with Crippen LogP contribution in [-0.2, 0) is 0 Å². The Hall–Kier alpha value is -1.99. The molecule has 0 unspecified atom stereocenters. The number of thiazole rings is 1. The van der Waals surface area contributed by atoms with Gasteiger partial charge in [-0.15, -0.1) is 10.2 Å². The molecule has 0 atom stereocenters. The highest BCUT2D eigenvalue weighted by atomic mass is 79.9. The Morgan fingerprint density at radius 2 is 1.92 bits per heavy atom. The van der Waals surface area contributed by atoms with Crippen LogP contribution in [0.25, 0.3) is 10.2 Å². The standard InChI is InChI=1S/C17H17BrN4OS/c1-3-22(4-2)12-6-8-13(15(23)10-12)20-21-17-19-14-7-5-11(18)9-16(14)24-17/h5-10,23H,3-4H2,1-2H3. The first-order valence-electron chi connectivity index (χ1n) is 7.66. The summed E-state index contributed by atoms with van der Waals surface area (Å²) in [6.07, 6.45) is 0. The van der Waals surface area contributed by atoms with Crippen LogP contribution in [0.4, 0.5) is 16.5 Å². The van der Waals surface area contributed by atoms with E-state index in [1.54, 1.807) is 12.1 Å². The maximum Gasteiger partial charge on any atom is 0.231 e. The average molecular weight is 405 g/mol. The van der Waals surface area contributed by atoms with E-state index in [2.05, 4.69) is 49.9 Å². The number of halogens is 1. The zero-order chi connectivity index (χ0) is 17.1. The lowest BCUT2D eigenvalue weighted by Gasteiger charge is -2.21. The number of hydrogen-bond donors (Lipinski definition) is 1. The molecule has 1 heterocycles. The molecule has 124 valence electrons. The minimum absolute atomic E-state index is 0.118. The molecule has 0 amide bonds. The van der Waals surface area contributed by atoms with Gasteiger partial charge in [0.05, 0.1) is 10.2 Å². The predicted octanol–water partition coefficient (Wildman–Crippen LogP) is 6.03. The largest absolute Gasteiger partial charge is 0.506 e. The van der Waals surface area contributed by atoms with E-state index in [1.807, 2.05) is 24.3 Å². The summed E-state index contributed by atoms with van der Waals surface area (Å²) >= 11 is 4.91. The van der Waals surface area contributed by atoms with E-state index in [0.29, 0.717) is 10.8 Å². The molecular weight excluding hydrogens is 388 g/mol. The fourth-order valence-electron chi connectivity index (χ4n) is 2.41. The van der Waals surface area contributed by atoms with Crippen molar-refractivity contribution in [1.82, 2.24) is 4.98 Å². The zero-order valence-corrected chi connectivity index (χ0v) is 15.8. The molecule has 0 spiro atoms. The summed E-state index contributed by atoms with van der Waals surface area (Å²) < 4.78 is 2.05. The summed E-state index contributed by atoms with van der Waals surface area (Å²) in [5.74, 6) is 0.118. The Morgan fingerprint density at radius 1 is 1.12 bits per heavy atom. The lowest BCUT2D eigenvalue weighted by molar-refractivity contribution is 0.476. The number of anilines is 1. The molecule has 0 fully saturated rings. The number of aromatic hydroxyl groups is 1. The van der Waals surface area contributed by atoms with Crippen LogP contribution in [0.1, 0.15) is 13.8 Å². The SMILES string of the molecule is CCN(CC)c1ccc(N=Nc2nc3ccc(Br)cc3s2)c(O)c1. The highest BCUT2D eigenvalue weighted by molar-refractivity contribution is 9.10. The van der Waals surface area contributed by atoms with Gasteiger partial charge in [-0.3, -0.25) is 0 Å². The van der Waals surface area contributed by atoms with Crippen LogP contribution < -0.4 is 4.90 Å². The molecule has 3 rings (SSSR count). The van der Waals surface area contributed by atoms with Crippen LogP contribution in [0.5, 0.6) is 5.75 Å². The van der Waals surface area contributed by atoms with E-state index in [4.69, 9.17) is 0 Å². The minimum atomic E-state index is 0.118. The molecule has 1 aromatic heterocycles. The Bertz CT molecular complexity index is 889. The van der Waals surface area contributed by atoms with Crippen LogP contribution in [0.2, 0.25) is 0 Å². The summed E-state index contributed by atoms with van der Waals surface area (Å²) in [7, 11) is 0. The van der Waals surface area contributed by atoms with Crippen molar-refractivity contribution in [2.45, 2.75) is 13.8 Å². The first-order valence-corrected chi connectivity index (χ1v) is 9.27. The number of fused-ring (bicyclic) bond motifs is 1. The van der Waals surface area contributed by atoms with Crippen molar-refractivity contribution in [3.63, 3.8) is 0 Å². The third-order valence-electron chi connectivity index (χ3n) is 3.67. The molecule has 24 heavy (non-hydrogen) atoms. The second-order valence-electron chi connectivity index (χ2n) is 5.15. The van der Waals surface area contributed by atoms with Gasteiger partial charge in [0.15, 0.2) is 0 Å². The van der Waals surface area contributed by atoms with Crippen molar-refractivity contribution in [2.75, 3.05) is 18.0 Å². The average Bonchev–Trinajstić information content (AvgIpc) is 2.97. The normalized spacial score (nSPS) is 11.5. The Balaban J connectivity index is 1.85. The lowest BCUT2D eigenvalue weighted by atomic mass is 10.2. The van der Waals surface area contributed by atoms with Gasteiger partial charge < -0.3 is 10.0 Å². The quantitative estimate of drug-likeness (QED) is 0.528. The van der Waals surface area contributed by atoms with Crippen LogP contribution in [0.15, 0.2) is 51.1 Å². The molecule has 5 nitrogen and oxygen atoms in total. The van der Waals surface area contributed by atoms with E-state index < -0.39 is 0 Å². The maximum absolute atomic E-state index is 10.2. The summed E-state index contributed by atoms with van der Waals surface area (Å²) in [5.41, 5.74) is 2.30. The van der Waals surface area contributed by atoms with Crippen LogP contribution in [0, 0.1) is 0 Å². The molecule has 2 aromatic carbocycles. The number of rotatable bonds is 5. The first kappa shape index (κ1) is 16.9. The summed E-state index contributed by atoms with van der Waals surface area (Å²) in [4.78, 5) is 6.58. The fourth-order valence-corrected chi connectivity index (χ4v) is 3.75. The summed E-state index contributed by atoms with van der Waals surface area (Å²) in [6, 6.07) is 11.3. The number of benzene rings is 2. The molecule has 0 aliphatic carbocycles. The van der Waals surface area contributed by atoms with Crippen molar-refractivity contribution in [3.05, 3.63) is 40.9 Å². The van der Waals surface area contributed by atoms with Crippen molar-refractivity contribution in [1.29, 1.82) is 0 Å². The Kier molecular flexibility index (Phi) is 5.11. The third-order valence-corrected chi connectivity index (χ3v) is 5.07. The highest BCUT2D eigenvalue weighted by Crippen LogP contribution is 2.34.